The van der Waals surface area contributed by atoms with E-state index >= 15 is 0 Å². The molecule has 0 unspecified atom stereocenters. The molecular weight excluding hydrogens is 343 g/mol. The Kier molecular flexibility index (Phi) is 6.39. The van der Waals surface area contributed by atoms with Gasteiger partial charge in [-0.2, -0.15) is 5.26 Å². The SMILES string of the molecule is N#Cc1cccc(NC(=O)NC[C@@H]2C[C@H](Cc3ccc(F)cc3)CCN2)c1. The van der Waals surface area contributed by atoms with Crippen LogP contribution in [0.25, 0.3) is 0 Å². The summed E-state index contributed by atoms with van der Waals surface area (Å²) in [6, 6.07) is 15.5. The fourth-order valence-corrected chi connectivity index (χ4v) is 3.45. The first-order chi connectivity index (χ1) is 13.1. The van der Waals surface area contributed by atoms with Gasteiger partial charge in [0, 0.05) is 18.3 Å². The first kappa shape index (κ1) is 18.9. The molecule has 2 aromatic carbocycles. The van der Waals surface area contributed by atoms with Gasteiger partial charge in [0.2, 0.25) is 0 Å². The maximum atomic E-state index is 13.0. The number of nitrogens with one attached hydrogen (secondary N) is 3. The van der Waals surface area contributed by atoms with Gasteiger partial charge in [-0.05, 0) is 67.6 Å². The lowest BCUT2D eigenvalue weighted by Gasteiger charge is -2.30. The van der Waals surface area contributed by atoms with Crippen LogP contribution in [-0.2, 0) is 6.42 Å². The van der Waals surface area contributed by atoms with Crippen molar-refractivity contribution in [1.82, 2.24) is 10.6 Å². The molecule has 0 aliphatic carbocycles. The van der Waals surface area contributed by atoms with Crippen LogP contribution in [0.2, 0.25) is 0 Å². The number of halogens is 1. The molecule has 0 bridgehead atoms. The molecule has 2 amide bonds. The number of hydrogen-bond acceptors (Lipinski definition) is 3. The molecule has 2 atom stereocenters. The van der Waals surface area contributed by atoms with E-state index in [0.29, 0.717) is 23.7 Å². The van der Waals surface area contributed by atoms with E-state index in [4.69, 9.17) is 5.26 Å². The molecule has 2 aromatic rings. The van der Waals surface area contributed by atoms with Gasteiger partial charge in [-0.15, -0.1) is 0 Å². The summed E-state index contributed by atoms with van der Waals surface area (Å²) in [5, 5.41) is 18.0. The zero-order valence-corrected chi connectivity index (χ0v) is 15.0. The largest absolute Gasteiger partial charge is 0.336 e. The summed E-state index contributed by atoms with van der Waals surface area (Å²) in [5.74, 6) is 0.302. The van der Waals surface area contributed by atoms with E-state index in [1.807, 2.05) is 18.2 Å². The molecule has 27 heavy (non-hydrogen) atoms. The standard InChI is InChI=1S/C21H23FN4O/c22-18-6-4-15(5-7-18)10-16-8-9-24-20(11-16)14-25-21(27)26-19-3-1-2-17(12-19)13-23/h1-7,12,16,20,24H,8-11,14H2,(H2,25,26,27)/t16-,20-/m0/s1. The van der Waals surface area contributed by atoms with Crippen LogP contribution in [0.4, 0.5) is 14.9 Å². The average molecular weight is 366 g/mol. The lowest BCUT2D eigenvalue weighted by molar-refractivity contribution is 0.246. The van der Waals surface area contributed by atoms with E-state index in [1.54, 1.807) is 24.3 Å². The maximum absolute atomic E-state index is 13.0. The Bertz CT molecular complexity index is 816. The highest BCUT2D eigenvalue weighted by molar-refractivity contribution is 5.89. The molecule has 1 aliphatic rings. The van der Waals surface area contributed by atoms with E-state index in [-0.39, 0.29) is 17.9 Å². The van der Waals surface area contributed by atoms with E-state index in [9.17, 15) is 9.18 Å². The molecule has 1 fully saturated rings. The van der Waals surface area contributed by atoms with Crippen molar-refractivity contribution in [3.63, 3.8) is 0 Å². The minimum atomic E-state index is -0.285. The number of anilines is 1. The highest BCUT2D eigenvalue weighted by Crippen LogP contribution is 2.21. The predicted molar refractivity (Wildman–Crippen MR) is 103 cm³/mol. The molecule has 1 saturated heterocycles. The fourth-order valence-electron chi connectivity index (χ4n) is 3.45. The van der Waals surface area contributed by atoms with Crippen LogP contribution < -0.4 is 16.0 Å². The molecule has 0 saturated carbocycles. The molecule has 0 radical (unpaired) electrons. The molecule has 3 rings (SSSR count). The van der Waals surface area contributed by atoms with Gasteiger partial charge in [-0.25, -0.2) is 9.18 Å². The van der Waals surface area contributed by atoms with Gasteiger partial charge in [0.05, 0.1) is 11.6 Å². The number of piperidine rings is 1. The van der Waals surface area contributed by atoms with Gasteiger partial charge in [0.1, 0.15) is 5.82 Å². The molecule has 5 nitrogen and oxygen atoms in total. The number of hydrogen-bond donors (Lipinski definition) is 3. The van der Waals surface area contributed by atoms with Crippen molar-refractivity contribution < 1.29 is 9.18 Å². The number of urea groups is 1. The lowest BCUT2D eigenvalue weighted by Crippen LogP contribution is -2.47. The van der Waals surface area contributed by atoms with Crippen molar-refractivity contribution in [2.75, 3.05) is 18.4 Å². The Labute approximate surface area is 158 Å². The van der Waals surface area contributed by atoms with Crippen molar-refractivity contribution in [3.05, 3.63) is 65.5 Å². The second-order valence-corrected chi connectivity index (χ2v) is 6.90. The van der Waals surface area contributed by atoms with Gasteiger partial charge < -0.3 is 16.0 Å². The summed E-state index contributed by atoms with van der Waals surface area (Å²) in [7, 11) is 0. The van der Waals surface area contributed by atoms with Crippen LogP contribution in [-0.4, -0.2) is 25.2 Å². The third kappa shape index (κ3) is 5.80. The van der Waals surface area contributed by atoms with Gasteiger partial charge >= 0.3 is 6.03 Å². The van der Waals surface area contributed by atoms with Crippen LogP contribution in [0, 0.1) is 23.1 Å². The van der Waals surface area contributed by atoms with E-state index in [0.717, 1.165) is 31.4 Å². The van der Waals surface area contributed by atoms with Crippen molar-refractivity contribution in [1.29, 1.82) is 5.26 Å². The first-order valence-corrected chi connectivity index (χ1v) is 9.15. The number of nitriles is 1. The molecular formula is C21H23FN4O. The summed E-state index contributed by atoms with van der Waals surface area (Å²) in [5.41, 5.74) is 2.24. The summed E-state index contributed by atoms with van der Waals surface area (Å²) in [6.07, 6.45) is 2.95. The van der Waals surface area contributed by atoms with Gasteiger partial charge in [-0.3, -0.25) is 0 Å². The third-order valence-corrected chi connectivity index (χ3v) is 4.80. The molecule has 140 valence electrons. The number of carbonyl (C=O) groups is 1. The summed E-state index contributed by atoms with van der Waals surface area (Å²) >= 11 is 0. The van der Waals surface area contributed by atoms with Gasteiger partial charge in [-0.1, -0.05) is 18.2 Å². The Morgan fingerprint density at radius 3 is 2.85 bits per heavy atom. The zero-order chi connectivity index (χ0) is 19.1. The minimum Gasteiger partial charge on any atom is -0.336 e. The predicted octanol–water partition coefficient (Wildman–Crippen LogP) is 3.43. The smallest absolute Gasteiger partial charge is 0.319 e. The number of nitrogens with zero attached hydrogens (tertiary/aromatic N) is 1. The quantitative estimate of drug-likeness (QED) is 0.759. The van der Waals surface area contributed by atoms with Crippen molar-refractivity contribution in [2.24, 2.45) is 5.92 Å². The topological polar surface area (TPSA) is 77.0 Å². The number of rotatable bonds is 5. The molecule has 1 heterocycles. The van der Waals surface area contributed by atoms with Crippen LogP contribution in [0.1, 0.15) is 24.0 Å². The third-order valence-electron chi connectivity index (χ3n) is 4.80. The van der Waals surface area contributed by atoms with E-state index in [2.05, 4.69) is 16.0 Å². The van der Waals surface area contributed by atoms with E-state index in [1.165, 1.54) is 12.1 Å². The molecule has 0 spiro atoms. The van der Waals surface area contributed by atoms with Crippen LogP contribution in [0.15, 0.2) is 48.5 Å². The van der Waals surface area contributed by atoms with Crippen LogP contribution in [0.3, 0.4) is 0 Å². The van der Waals surface area contributed by atoms with Crippen molar-refractivity contribution >= 4 is 11.7 Å². The summed E-state index contributed by atoms with van der Waals surface area (Å²) < 4.78 is 13.0. The van der Waals surface area contributed by atoms with Crippen molar-refractivity contribution in [3.8, 4) is 6.07 Å². The molecule has 6 heteroatoms. The Hall–Kier alpha value is -2.91. The Morgan fingerprint density at radius 1 is 1.26 bits per heavy atom. The van der Waals surface area contributed by atoms with Crippen molar-refractivity contribution in [2.45, 2.75) is 25.3 Å². The number of benzene rings is 2. The van der Waals surface area contributed by atoms with Crippen LogP contribution in [0.5, 0.6) is 0 Å². The second-order valence-electron chi connectivity index (χ2n) is 6.90. The zero-order valence-electron chi connectivity index (χ0n) is 15.0. The minimum absolute atomic E-state index is 0.209. The Balaban J connectivity index is 1.45. The normalized spacial score (nSPS) is 19.1. The highest BCUT2D eigenvalue weighted by atomic mass is 19.1. The fraction of sp³-hybridized carbons (Fsp3) is 0.333. The second kappa shape index (κ2) is 9.15. The highest BCUT2D eigenvalue weighted by Gasteiger charge is 2.22. The first-order valence-electron chi connectivity index (χ1n) is 9.15. The monoisotopic (exact) mass is 366 g/mol. The van der Waals surface area contributed by atoms with Crippen LogP contribution >= 0.6 is 0 Å². The number of amides is 2. The lowest BCUT2D eigenvalue weighted by atomic mass is 9.87. The van der Waals surface area contributed by atoms with Gasteiger partial charge in [0.15, 0.2) is 0 Å². The van der Waals surface area contributed by atoms with Gasteiger partial charge in [0.25, 0.3) is 0 Å². The molecule has 1 aliphatic heterocycles. The summed E-state index contributed by atoms with van der Waals surface area (Å²) in [4.78, 5) is 12.1. The van der Waals surface area contributed by atoms with E-state index < -0.39 is 0 Å². The average Bonchev–Trinajstić information content (AvgIpc) is 2.69. The number of carbonyl (C=O) groups excluding carboxylic acids is 1. The molecule has 0 aromatic heterocycles. The molecule has 3 N–H and O–H groups in total. The Morgan fingerprint density at radius 2 is 2.07 bits per heavy atom. The summed E-state index contributed by atoms with van der Waals surface area (Å²) in [6.45, 7) is 1.44. The maximum Gasteiger partial charge on any atom is 0.319 e.